The van der Waals surface area contributed by atoms with Crippen molar-refractivity contribution in [3.05, 3.63) is 23.5 Å². The number of sulfonamides is 1. The van der Waals surface area contributed by atoms with E-state index < -0.39 is 10.0 Å². The van der Waals surface area contributed by atoms with Gasteiger partial charge in [0.1, 0.15) is 10.0 Å². The lowest BCUT2D eigenvalue weighted by atomic mass is 9.65. The van der Waals surface area contributed by atoms with E-state index in [1.807, 2.05) is 0 Å². The van der Waals surface area contributed by atoms with Gasteiger partial charge in [-0.05, 0) is 30.4 Å². The first kappa shape index (κ1) is 11.4. The van der Waals surface area contributed by atoms with E-state index in [2.05, 4.69) is 4.98 Å². The molecule has 2 fully saturated rings. The molecule has 0 amide bonds. The fourth-order valence-electron chi connectivity index (χ4n) is 2.53. The first-order valence-corrected chi connectivity index (χ1v) is 7.45. The summed E-state index contributed by atoms with van der Waals surface area (Å²) in [5.74, 6) is 0. The number of nitrogens with zero attached hydrogens (tertiary/aromatic N) is 2. The molecule has 4 nitrogen and oxygen atoms in total. The van der Waals surface area contributed by atoms with E-state index >= 15 is 0 Å². The van der Waals surface area contributed by atoms with Crippen LogP contribution in [0.1, 0.15) is 19.3 Å². The average molecular weight is 273 g/mol. The summed E-state index contributed by atoms with van der Waals surface area (Å²) in [4.78, 5) is 4.05. The van der Waals surface area contributed by atoms with Crippen LogP contribution in [0.2, 0.25) is 5.15 Å². The molecule has 6 heteroatoms. The van der Waals surface area contributed by atoms with Crippen LogP contribution in [0.4, 0.5) is 0 Å². The quantitative estimate of drug-likeness (QED) is 0.773. The van der Waals surface area contributed by atoms with Gasteiger partial charge in [0.05, 0.1) is 0 Å². The summed E-state index contributed by atoms with van der Waals surface area (Å²) in [7, 11) is -3.35. The summed E-state index contributed by atoms with van der Waals surface area (Å²) >= 11 is 5.65. The van der Waals surface area contributed by atoms with E-state index in [1.165, 1.54) is 29.1 Å². The molecule has 0 atom stereocenters. The first-order valence-electron chi connectivity index (χ1n) is 5.64. The van der Waals surface area contributed by atoms with Crippen molar-refractivity contribution in [2.24, 2.45) is 5.41 Å². The molecule has 3 rings (SSSR count). The SMILES string of the molecule is O=S(=O)(c1ccc(Cl)nc1)N1CC2(CCC2)C1. The van der Waals surface area contributed by atoms with Gasteiger partial charge in [-0.15, -0.1) is 0 Å². The molecular formula is C11H13ClN2O2S. The van der Waals surface area contributed by atoms with Crippen molar-refractivity contribution in [1.29, 1.82) is 0 Å². The second kappa shape index (κ2) is 3.67. The van der Waals surface area contributed by atoms with Gasteiger partial charge in [0, 0.05) is 19.3 Å². The largest absolute Gasteiger partial charge is 0.244 e. The smallest absolute Gasteiger partial charge is 0.243 e. The highest BCUT2D eigenvalue weighted by Crippen LogP contribution is 2.49. The molecule has 1 saturated carbocycles. The Morgan fingerprint density at radius 2 is 2.00 bits per heavy atom. The van der Waals surface area contributed by atoms with Crippen molar-refractivity contribution < 1.29 is 8.42 Å². The molecule has 92 valence electrons. The Balaban J connectivity index is 1.80. The van der Waals surface area contributed by atoms with Crippen molar-refractivity contribution in [1.82, 2.24) is 9.29 Å². The van der Waals surface area contributed by atoms with Crippen molar-refractivity contribution in [2.75, 3.05) is 13.1 Å². The monoisotopic (exact) mass is 272 g/mol. The van der Waals surface area contributed by atoms with Crippen molar-refractivity contribution in [2.45, 2.75) is 24.2 Å². The summed E-state index contributed by atoms with van der Waals surface area (Å²) in [6.45, 7) is 1.33. The minimum atomic E-state index is -3.35. The third kappa shape index (κ3) is 1.77. The Hall–Kier alpha value is -0.650. The molecule has 17 heavy (non-hydrogen) atoms. The van der Waals surface area contributed by atoms with Gasteiger partial charge >= 0.3 is 0 Å². The molecule has 1 aliphatic heterocycles. The zero-order valence-electron chi connectivity index (χ0n) is 9.26. The first-order chi connectivity index (χ1) is 8.02. The number of hydrogen-bond donors (Lipinski definition) is 0. The van der Waals surface area contributed by atoms with Crippen LogP contribution in [-0.2, 0) is 10.0 Å². The van der Waals surface area contributed by atoms with Crippen LogP contribution in [0.3, 0.4) is 0 Å². The zero-order chi connectivity index (χ0) is 12.1. The van der Waals surface area contributed by atoms with Gasteiger partial charge in [-0.25, -0.2) is 13.4 Å². The summed E-state index contributed by atoms with van der Waals surface area (Å²) in [6, 6.07) is 3.02. The minimum absolute atomic E-state index is 0.232. The standard InChI is InChI=1S/C11H13ClN2O2S/c12-10-3-2-9(6-13-10)17(15,16)14-7-11(8-14)4-1-5-11/h2-3,6H,1,4-5,7-8H2. The predicted molar refractivity (Wildman–Crippen MR) is 64.3 cm³/mol. The highest BCUT2D eigenvalue weighted by molar-refractivity contribution is 7.89. The third-order valence-electron chi connectivity index (χ3n) is 3.78. The van der Waals surface area contributed by atoms with E-state index in [0.717, 1.165) is 12.8 Å². The Morgan fingerprint density at radius 3 is 2.47 bits per heavy atom. The van der Waals surface area contributed by atoms with E-state index in [-0.39, 0.29) is 4.90 Å². The fourth-order valence-corrected chi connectivity index (χ4v) is 4.25. The molecule has 1 aromatic heterocycles. The Bertz CT molecular complexity index is 529. The molecule has 0 bridgehead atoms. The van der Waals surface area contributed by atoms with Crippen LogP contribution >= 0.6 is 11.6 Å². The van der Waals surface area contributed by atoms with Crippen LogP contribution in [0.15, 0.2) is 23.2 Å². The third-order valence-corrected chi connectivity index (χ3v) is 5.77. The van der Waals surface area contributed by atoms with Crippen molar-refractivity contribution >= 4 is 21.6 Å². The second-order valence-electron chi connectivity index (χ2n) is 4.94. The minimum Gasteiger partial charge on any atom is -0.243 e. The summed E-state index contributed by atoms with van der Waals surface area (Å²) in [6.07, 6.45) is 4.88. The maximum Gasteiger partial charge on any atom is 0.244 e. The van der Waals surface area contributed by atoms with Crippen molar-refractivity contribution in [3.63, 3.8) is 0 Å². The van der Waals surface area contributed by atoms with Gasteiger partial charge in [-0.1, -0.05) is 18.0 Å². The highest BCUT2D eigenvalue weighted by Gasteiger charge is 2.51. The van der Waals surface area contributed by atoms with Crippen LogP contribution in [0.5, 0.6) is 0 Å². The second-order valence-corrected chi connectivity index (χ2v) is 7.27. The molecular weight excluding hydrogens is 260 g/mol. The molecule has 1 aromatic rings. The normalized spacial score (nSPS) is 23.1. The number of pyridine rings is 1. The maximum absolute atomic E-state index is 12.2. The number of halogens is 1. The highest BCUT2D eigenvalue weighted by atomic mass is 35.5. The molecule has 0 radical (unpaired) electrons. The topological polar surface area (TPSA) is 50.3 Å². The molecule has 2 heterocycles. The fraction of sp³-hybridized carbons (Fsp3) is 0.545. The van der Waals surface area contributed by atoms with Gasteiger partial charge in [0.15, 0.2) is 0 Å². The van der Waals surface area contributed by atoms with Gasteiger partial charge in [-0.2, -0.15) is 4.31 Å². The summed E-state index contributed by atoms with van der Waals surface area (Å²) in [5, 5.41) is 0.308. The average Bonchev–Trinajstić information content (AvgIpc) is 2.13. The van der Waals surface area contributed by atoms with E-state index in [1.54, 1.807) is 0 Å². The van der Waals surface area contributed by atoms with Crippen LogP contribution in [-0.4, -0.2) is 30.8 Å². The van der Waals surface area contributed by atoms with Crippen LogP contribution in [0, 0.1) is 5.41 Å². The molecule has 0 aromatic carbocycles. The Morgan fingerprint density at radius 1 is 1.29 bits per heavy atom. The molecule has 0 N–H and O–H groups in total. The molecule has 1 spiro atoms. The summed E-state index contributed by atoms with van der Waals surface area (Å²) in [5.41, 5.74) is 0.299. The predicted octanol–water partition coefficient (Wildman–Crippen LogP) is 1.91. The molecule has 2 aliphatic rings. The van der Waals surface area contributed by atoms with E-state index in [4.69, 9.17) is 11.6 Å². The van der Waals surface area contributed by atoms with Crippen molar-refractivity contribution in [3.8, 4) is 0 Å². The lowest BCUT2D eigenvalue weighted by molar-refractivity contribution is -0.00795. The Kier molecular flexibility index (Phi) is 2.47. The molecule has 1 aliphatic carbocycles. The molecule has 0 unspecified atom stereocenters. The molecule has 1 saturated heterocycles. The number of hydrogen-bond acceptors (Lipinski definition) is 3. The number of rotatable bonds is 2. The van der Waals surface area contributed by atoms with Gasteiger partial charge in [0.25, 0.3) is 0 Å². The van der Waals surface area contributed by atoms with E-state index in [0.29, 0.717) is 23.7 Å². The Labute approximate surface area is 106 Å². The van der Waals surface area contributed by atoms with Gasteiger partial charge in [0.2, 0.25) is 10.0 Å². The van der Waals surface area contributed by atoms with Crippen LogP contribution in [0.25, 0.3) is 0 Å². The lowest BCUT2D eigenvalue weighted by Crippen LogP contribution is -2.61. The number of aromatic nitrogens is 1. The van der Waals surface area contributed by atoms with Gasteiger partial charge in [-0.3, -0.25) is 0 Å². The van der Waals surface area contributed by atoms with Gasteiger partial charge < -0.3 is 0 Å². The van der Waals surface area contributed by atoms with E-state index in [9.17, 15) is 8.42 Å². The lowest BCUT2D eigenvalue weighted by Gasteiger charge is -2.54. The van der Waals surface area contributed by atoms with Crippen LogP contribution < -0.4 is 0 Å². The zero-order valence-corrected chi connectivity index (χ0v) is 10.8. The summed E-state index contributed by atoms with van der Waals surface area (Å²) < 4.78 is 25.9. The maximum atomic E-state index is 12.2.